The molecule has 1 aromatic rings. The second-order valence-corrected chi connectivity index (χ2v) is 6.40. The molecular formula is C15H18INO3. The van der Waals surface area contributed by atoms with Crippen LogP contribution in [0.2, 0.25) is 0 Å². The first-order valence-corrected chi connectivity index (χ1v) is 7.90. The summed E-state index contributed by atoms with van der Waals surface area (Å²) in [5, 5.41) is 9.62. The van der Waals surface area contributed by atoms with Gasteiger partial charge >= 0.3 is 5.97 Å². The largest absolute Gasteiger partial charge is 0.479 e. The number of nitrogens with zero attached hydrogens (tertiary/aromatic N) is 1. The highest BCUT2D eigenvalue weighted by atomic mass is 127. The first-order chi connectivity index (χ1) is 9.51. The molecule has 1 N–H and O–H groups in total. The molecule has 0 spiro atoms. The summed E-state index contributed by atoms with van der Waals surface area (Å²) in [6.45, 7) is 2.48. The van der Waals surface area contributed by atoms with Crippen molar-refractivity contribution in [1.82, 2.24) is 4.90 Å². The molecule has 0 aromatic heterocycles. The van der Waals surface area contributed by atoms with Crippen molar-refractivity contribution in [2.75, 3.05) is 6.54 Å². The number of carboxylic acids is 1. The Bertz CT molecular complexity index is 532. The van der Waals surface area contributed by atoms with Crippen LogP contribution in [-0.4, -0.2) is 34.0 Å². The van der Waals surface area contributed by atoms with E-state index in [9.17, 15) is 14.7 Å². The lowest BCUT2D eigenvalue weighted by atomic mass is 9.90. The van der Waals surface area contributed by atoms with Crippen molar-refractivity contribution >= 4 is 34.5 Å². The molecule has 1 aromatic carbocycles. The van der Waals surface area contributed by atoms with E-state index in [0.29, 0.717) is 24.9 Å². The van der Waals surface area contributed by atoms with Crippen molar-refractivity contribution in [2.45, 2.75) is 38.1 Å². The molecule has 0 aliphatic carbocycles. The summed E-state index contributed by atoms with van der Waals surface area (Å²) < 4.78 is 0.976. The zero-order valence-electron chi connectivity index (χ0n) is 11.4. The van der Waals surface area contributed by atoms with Crippen LogP contribution >= 0.6 is 22.6 Å². The Morgan fingerprint density at radius 1 is 1.45 bits per heavy atom. The van der Waals surface area contributed by atoms with Gasteiger partial charge in [-0.3, -0.25) is 4.79 Å². The molecule has 1 atom stereocenters. The first-order valence-electron chi connectivity index (χ1n) is 6.82. The zero-order chi connectivity index (χ0) is 14.8. The average Bonchev–Trinajstić information content (AvgIpc) is 2.83. The number of aliphatic carboxylic acids is 1. The van der Waals surface area contributed by atoms with Gasteiger partial charge in [-0.25, -0.2) is 4.79 Å². The van der Waals surface area contributed by atoms with Gasteiger partial charge in [-0.1, -0.05) is 19.4 Å². The van der Waals surface area contributed by atoms with Gasteiger partial charge in [0.25, 0.3) is 5.91 Å². The smallest absolute Gasteiger partial charge is 0.329 e. The van der Waals surface area contributed by atoms with E-state index in [1.165, 1.54) is 0 Å². The fourth-order valence-electron chi connectivity index (χ4n) is 2.95. The molecule has 20 heavy (non-hydrogen) atoms. The monoisotopic (exact) mass is 387 g/mol. The summed E-state index contributed by atoms with van der Waals surface area (Å²) in [6, 6.07) is 7.30. The van der Waals surface area contributed by atoms with Gasteiger partial charge in [-0.2, -0.15) is 0 Å². The van der Waals surface area contributed by atoms with E-state index < -0.39 is 11.5 Å². The van der Waals surface area contributed by atoms with Gasteiger partial charge in [0.2, 0.25) is 0 Å². The Kier molecular flexibility index (Phi) is 4.67. The minimum absolute atomic E-state index is 0.170. The molecule has 1 unspecified atom stereocenters. The summed E-state index contributed by atoms with van der Waals surface area (Å²) in [6.07, 6.45) is 2.56. The van der Waals surface area contributed by atoms with E-state index in [0.717, 1.165) is 16.4 Å². The molecule has 2 rings (SSSR count). The van der Waals surface area contributed by atoms with Crippen molar-refractivity contribution in [3.05, 3.63) is 33.4 Å². The molecule has 1 aliphatic rings. The average molecular weight is 387 g/mol. The van der Waals surface area contributed by atoms with Crippen LogP contribution in [-0.2, 0) is 4.79 Å². The molecule has 1 fully saturated rings. The van der Waals surface area contributed by atoms with Crippen molar-refractivity contribution in [3.8, 4) is 0 Å². The summed E-state index contributed by atoms with van der Waals surface area (Å²) in [4.78, 5) is 25.9. The maximum atomic E-state index is 12.7. The number of carbonyl (C=O) groups excluding carboxylic acids is 1. The molecule has 1 amide bonds. The summed E-state index contributed by atoms with van der Waals surface area (Å²) in [5.41, 5.74) is -0.451. The Balaban J connectivity index is 2.34. The van der Waals surface area contributed by atoms with Gasteiger partial charge in [-0.15, -0.1) is 0 Å². The third kappa shape index (κ3) is 2.68. The van der Waals surface area contributed by atoms with Gasteiger partial charge in [0.15, 0.2) is 0 Å². The van der Waals surface area contributed by atoms with Crippen LogP contribution in [0.15, 0.2) is 24.3 Å². The van der Waals surface area contributed by atoms with Gasteiger partial charge in [-0.05, 0) is 60.1 Å². The lowest BCUT2D eigenvalue weighted by Gasteiger charge is -2.34. The Labute approximate surface area is 132 Å². The van der Waals surface area contributed by atoms with Crippen LogP contribution in [0.25, 0.3) is 0 Å². The maximum Gasteiger partial charge on any atom is 0.329 e. The number of rotatable bonds is 4. The highest BCUT2D eigenvalue weighted by molar-refractivity contribution is 14.1. The summed E-state index contributed by atoms with van der Waals surface area (Å²) >= 11 is 2.15. The van der Waals surface area contributed by atoms with E-state index in [1.807, 2.05) is 19.1 Å². The van der Waals surface area contributed by atoms with Crippen LogP contribution in [0.4, 0.5) is 0 Å². The molecule has 4 nitrogen and oxygen atoms in total. The number of hydrogen-bond donors (Lipinski definition) is 1. The minimum Gasteiger partial charge on any atom is -0.479 e. The molecule has 1 heterocycles. The van der Waals surface area contributed by atoms with Crippen LogP contribution < -0.4 is 0 Å². The van der Waals surface area contributed by atoms with E-state index in [-0.39, 0.29) is 5.91 Å². The number of hydrogen-bond acceptors (Lipinski definition) is 2. The van der Waals surface area contributed by atoms with E-state index in [2.05, 4.69) is 22.6 Å². The summed E-state index contributed by atoms with van der Waals surface area (Å²) in [7, 11) is 0. The molecule has 108 valence electrons. The number of likely N-dealkylation sites (tertiary alicyclic amines) is 1. The van der Waals surface area contributed by atoms with E-state index in [4.69, 9.17) is 0 Å². The SMILES string of the molecule is CCCC1(C(=O)O)CCCN1C(=O)c1cccc(I)c1. The van der Waals surface area contributed by atoms with Crippen molar-refractivity contribution in [2.24, 2.45) is 0 Å². The molecule has 1 aliphatic heterocycles. The van der Waals surface area contributed by atoms with Gasteiger partial charge in [0.1, 0.15) is 5.54 Å². The Hall–Kier alpha value is -1.11. The third-order valence-corrected chi connectivity index (χ3v) is 4.54. The molecule has 5 heteroatoms. The standard InChI is InChI=1S/C15H18INO3/c1-2-7-15(14(19)20)8-4-9-17(15)13(18)11-5-3-6-12(16)10-11/h3,5-6,10H,2,4,7-9H2,1H3,(H,19,20). The van der Waals surface area contributed by atoms with Crippen molar-refractivity contribution < 1.29 is 14.7 Å². The molecule has 0 bridgehead atoms. The highest BCUT2D eigenvalue weighted by Gasteiger charge is 2.49. The molecular weight excluding hydrogens is 369 g/mol. The first kappa shape index (κ1) is 15.3. The Morgan fingerprint density at radius 3 is 2.80 bits per heavy atom. The van der Waals surface area contributed by atoms with Crippen LogP contribution in [0, 0.1) is 3.57 Å². The van der Waals surface area contributed by atoms with Crippen molar-refractivity contribution in [1.29, 1.82) is 0 Å². The highest BCUT2D eigenvalue weighted by Crippen LogP contribution is 2.35. The van der Waals surface area contributed by atoms with Crippen LogP contribution in [0.5, 0.6) is 0 Å². The van der Waals surface area contributed by atoms with Gasteiger partial charge < -0.3 is 10.0 Å². The number of halogens is 1. The number of benzene rings is 1. The predicted octanol–water partition coefficient (Wildman–Crippen LogP) is 3.15. The Morgan fingerprint density at radius 2 is 2.20 bits per heavy atom. The number of amides is 1. The number of carbonyl (C=O) groups is 2. The van der Waals surface area contributed by atoms with Crippen molar-refractivity contribution in [3.63, 3.8) is 0 Å². The topological polar surface area (TPSA) is 57.6 Å². The molecule has 0 radical (unpaired) electrons. The second-order valence-electron chi connectivity index (χ2n) is 5.16. The zero-order valence-corrected chi connectivity index (χ0v) is 13.6. The fraction of sp³-hybridized carbons (Fsp3) is 0.467. The maximum absolute atomic E-state index is 12.7. The van der Waals surface area contributed by atoms with Crippen LogP contribution in [0.3, 0.4) is 0 Å². The quantitative estimate of drug-likeness (QED) is 0.808. The fourth-order valence-corrected chi connectivity index (χ4v) is 3.50. The molecule has 0 saturated carbocycles. The van der Waals surface area contributed by atoms with Gasteiger partial charge in [0.05, 0.1) is 0 Å². The summed E-state index contributed by atoms with van der Waals surface area (Å²) in [5.74, 6) is -1.05. The lowest BCUT2D eigenvalue weighted by Crippen LogP contribution is -2.53. The van der Waals surface area contributed by atoms with E-state index in [1.54, 1.807) is 17.0 Å². The second kappa shape index (κ2) is 6.11. The third-order valence-electron chi connectivity index (χ3n) is 3.87. The normalized spacial score (nSPS) is 22.0. The number of carboxylic acid groups (broad SMARTS) is 1. The van der Waals surface area contributed by atoms with Gasteiger partial charge in [0, 0.05) is 15.7 Å². The lowest BCUT2D eigenvalue weighted by molar-refractivity contribution is -0.148. The minimum atomic E-state index is -1.02. The molecule has 1 saturated heterocycles. The predicted molar refractivity (Wildman–Crippen MR) is 84.7 cm³/mol. The van der Waals surface area contributed by atoms with Crippen LogP contribution in [0.1, 0.15) is 43.0 Å². The van der Waals surface area contributed by atoms with E-state index >= 15 is 0 Å².